The second-order valence-electron chi connectivity index (χ2n) is 6.17. The van der Waals surface area contributed by atoms with E-state index in [1.54, 1.807) is 0 Å². The molecule has 1 fully saturated rings. The SMILES string of the molecule is CS(=O)(=O)CC1(C(=O)NN2CCCc3ccccc32)COC1. The maximum Gasteiger partial charge on any atom is 0.250 e. The van der Waals surface area contributed by atoms with Crippen molar-refractivity contribution in [1.82, 2.24) is 5.43 Å². The van der Waals surface area contributed by atoms with Crippen LogP contribution in [0.15, 0.2) is 24.3 Å². The van der Waals surface area contributed by atoms with Crippen LogP contribution in [0.25, 0.3) is 0 Å². The second-order valence-corrected chi connectivity index (χ2v) is 8.31. The zero-order valence-corrected chi connectivity index (χ0v) is 13.4. The number of hydrazine groups is 1. The highest BCUT2D eigenvalue weighted by Gasteiger charge is 2.49. The van der Waals surface area contributed by atoms with Gasteiger partial charge in [-0.15, -0.1) is 0 Å². The van der Waals surface area contributed by atoms with Crippen LogP contribution >= 0.6 is 0 Å². The Bertz CT molecular complexity index is 683. The van der Waals surface area contributed by atoms with E-state index in [2.05, 4.69) is 5.43 Å². The average Bonchev–Trinajstić information content (AvgIpc) is 2.42. The summed E-state index contributed by atoms with van der Waals surface area (Å²) in [6.45, 7) is 1.03. The molecule has 0 aromatic heterocycles. The standard InChI is InChI=1S/C15H20N2O4S/c1-22(19,20)11-15(9-21-10-15)14(18)16-17-8-4-6-12-5-2-3-7-13(12)17/h2-3,5,7H,4,6,8-11H2,1H3,(H,16,18). The Morgan fingerprint density at radius 1 is 1.36 bits per heavy atom. The Labute approximate surface area is 130 Å². The molecule has 6 nitrogen and oxygen atoms in total. The molecule has 3 rings (SSSR count). The summed E-state index contributed by atoms with van der Waals surface area (Å²) in [7, 11) is -3.25. The van der Waals surface area contributed by atoms with Crippen molar-refractivity contribution in [2.75, 3.05) is 36.8 Å². The maximum atomic E-state index is 12.6. The molecule has 0 spiro atoms. The molecule has 0 saturated carbocycles. The molecule has 2 aliphatic rings. The third-order valence-electron chi connectivity index (χ3n) is 4.12. The Kier molecular flexibility index (Phi) is 3.86. The molecule has 7 heteroatoms. The van der Waals surface area contributed by atoms with E-state index in [1.165, 1.54) is 5.56 Å². The van der Waals surface area contributed by atoms with Gasteiger partial charge in [-0.1, -0.05) is 18.2 Å². The first-order valence-corrected chi connectivity index (χ1v) is 9.38. The zero-order valence-electron chi connectivity index (χ0n) is 12.5. The number of carbonyl (C=O) groups is 1. The van der Waals surface area contributed by atoms with Gasteiger partial charge in [-0.05, 0) is 24.5 Å². The monoisotopic (exact) mass is 324 g/mol. The minimum Gasteiger partial charge on any atom is -0.379 e. The number of fused-ring (bicyclic) bond motifs is 1. The summed E-state index contributed by atoms with van der Waals surface area (Å²) in [4.78, 5) is 12.6. The third kappa shape index (κ3) is 2.96. The van der Waals surface area contributed by atoms with Gasteiger partial charge in [-0.3, -0.25) is 15.2 Å². The number of aryl methyl sites for hydroxylation is 1. The molecule has 1 aromatic carbocycles. The van der Waals surface area contributed by atoms with Crippen LogP contribution in [0.3, 0.4) is 0 Å². The average molecular weight is 324 g/mol. The van der Waals surface area contributed by atoms with Crippen molar-refractivity contribution in [2.45, 2.75) is 12.8 Å². The third-order valence-corrected chi connectivity index (χ3v) is 5.20. The molecule has 0 unspecified atom stereocenters. The van der Waals surface area contributed by atoms with Crippen molar-refractivity contribution in [3.05, 3.63) is 29.8 Å². The van der Waals surface area contributed by atoms with Gasteiger partial charge >= 0.3 is 0 Å². The fourth-order valence-corrected chi connectivity index (χ4v) is 4.32. The largest absolute Gasteiger partial charge is 0.379 e. The molecule has 0 atom stereocenters. The van der Waals surface area contributed by atoms with Gasteiger partial charge in [-0.2, -0.15) is 0 Å². The van der Waals surface area contributed by atoms with Gasteiger partial charge in [-0.25, -0.2) is 8.42 Å². The molecule has 0 aliphatic carbocycles. The molecular weight excluding hydrogens is 304 g/mol. The van der Waals surface area contributed by atoms with Crippen LogP contribution in [0.4, 0.5) is 5.69 Å². The van der Waals surface area contributed by atoms with Crippen LogP contribution in [-0.4, -0.2) is 46.1 Å². The van der Waals surface area contributed by atoms with Crippen molar-refractivity contribution in [3.63, 3.8) is 0 Å². The van der Waals surface area contributed by atoms with Crippen LogP contribution in [0, 0.1) is 5.41 Å². The highest BCUT2D eigenvalue weighted by Crippen LogP contribution is 2.31. The first-order valence-electron chi connectivity index (χ1n) is 7.32. The van der Waals surface area contributed by atoms with Crippen LogP contribution in [-0.2, 0) is 25.8 Å². The van der Waals surface area contributed by atoms with Crippen molar-refractivity contribution < 1.29 is 17.9 Å². The van der Waals surface area contributed by atoms with Crippen molar-refractivity contribution in [1.29, 1.82) is 0 Å². The predicted octanol–water partition coefficient (Wildman–Crippen LogP) is 0.532. The Morgan fingerprint density at radius 2 is 2.09 bits per heavy atom. The van der Waals surface area contributed by atoms with Gasteiger partial charge in [0.1, 0.15) is 15.3 Å². The molecule has 1 N–H and O–H groups in total. The van der Waals surface area contributed by atoms with E-state index in [0.29, 0.717) is 0 Å². The van der Waals surface area contributed by atoms with Crippen molar-refractivity contribution >= 4 is 21.4 Å². The van der Waals surface area contributed by atoms with E-state index >= 15 is 0 Å². The maximum absolute atomic E-state index is 12.6. The number of carbonyl (C=O) groups excluding carboxylic acids is 1. The van der Waals surface area contributed by atoms with Crippen LogP contribution in [0.5, 0.6) is 0 Å². The number of sulfone groups is 1. The number of hydrogen-bond acceptors (Lipinski definition) is 5. The lowest BCUT2D eigenvalue weighted by atomic mass is 9.87. The number of hydrogen-bond donors (Lipinski definition) is 1. The van der Waals surface area contributed by atoms with Gasteiger partial charge in [0.15, 0.2) is 0 Å². The quantitative estimate of drug-likeness (QED) is 0.874. The summed E-state index contributed by atoms with van der Waals surface area (Å²) in [6.07, 6.45) is 3.09. The topological polar surface area (TPSA) is 75.7 Å². The first kappa shape index (κ1) is 15.3. The molecule has 120 valence electrons. The molecule has 1 saturated heterocycles. The van der Waals surface area contributed by atoms with Gasteiger partial charge < -0.3 is 4.74 Å². The zero-order chi connectivity index (χ0) is 15.8. The smallest absolute Gasteiger partial charge is 0.250 e. The summed E-state index contributed by atoms with van der Waals surface area (Å²) in [6, 6.07) is 7.93. The highest BCUT2D eigenvalue weighted by molar-refractivity contribution is 7.90. The number of nitrogens with one attached hydrogen (secondary N) is 1. The lowest BCUT2D eigenvalue weighted by molar-refractivity contribution is -0.157. The molecule has 2 aliphatic heterocycles. The van der Waals surface area contributed by atoms with Gasteiger partial charge in [0.2, 0.25) is 5.91 Å². The Balaban J connectivity index is 1.77. The first-order chi connectivity index (χ1) is 10.4. The summed E-state index contributed by atoms with van der Waals surface area (Å²) >= 11 is 0. The van der Waals surface area contributed by atoms with Crippen LogP contribution in [0.1, 0.15) is 12.0 Å². The molecule has 1 aromatic rings. The predicted molar refractivity (Wildman–Crippen MR) is 83.2 cm³/mol. The van der Waals surface area contributed by atoms with Crippen molar-refractivity contribution in [3.8, 4) is 0 Å². The minimum atomic E-state index is -3.25. The Hall–Kier alpha value is -1.60. The number of para-hydroxylation sites is 1. The summed E-state index contributed by atoms with van der Waals surface area (Å²) in [5.41, 5.74) is 4.11. The normalized spacial score (nSPS) is 20.0. The molecule has 2 heterocycles. The summed E-state index contributed by atoms with van der Waals surface area (Å²) in [5, 5.41) is 1.82. The van der Waals surface area contributed by atoms with E-state index in [9.17, 15) is 13.2 Å². The molecule has 1 amide bonds. The van der Waals surface area contributed by atoms with Crippen molar-refractivity contribution in [2.24, 2.45) is 5.41 Å². The highest BCUT2D eigenvalue weighted by atomic mass is 32.2. The fraction of sp³-hybridized carbons (Fsp3) is 0.533. The molecule has 0 bridgehead atoms. The van der Waals surface area contributed by atoms with E-state index in [4.69, 9.17) is 4.74 Å². The van der Waals surface area contributed by atoms with Gasteiger partial charge in [0.25, 0.3) is 0 Å². The van der Waals surface area contributed by atoms with Crippen LogP contribution < -0.4 is 10.4 Å². The second kappa shape index (κ2) is 5.55. The number of nitrogens with zero attached hydrogens (tertiary/aromatic N) is 1. The summed E-state index contributed by atoms with van der Waals surface area (Å²) < 4.78 is 28.3. The number of ether oxygens (including phenoxy) is 1. The van der Waals surface area contributed by atoms with E-state index in [0.717, 1.165) is 31.3 Å². The van der Waals surface area contributed by atoms with E-state index in [1.807, 2.05) is 29.3 Å². The number of benzene rings is 1. The Morgan fingerprint density at radius 3 is 2.73 bits per heavy atom. The minimum absolute atomic E-state index is 0.154. The van der Waals surface area contributed by atoms with Gasteiger partial charge in [0, 0.05) is 12.8 Å². The lowest BCUT2D eigenvalue weighted by Crippen LogP contribution is -2.61. The molecule has 0 radical (unpaired) electrons. The number of anilines is 1. The molecular formula is C15H20N2O4S. The molecule has 22 heavy (non-hydrogen) atoms. The summed E-state index contributed by atoms with van der Waals surface area (Å²) in [5.74, 6) is -0.456. The van der Waals surface area contributed by atoms with Gasteiger partial charge in [0.05, 0.1) is 24.7 Å². The van der Waals surface area contributed by atoms with Crippen LogP contribution in [0.2, 0.25) is 0 Å². The van der Waals surface area contributed by atoms with E-state index < -0.39 is 15.3 Å². The van der Waals surface area contributed by atoms with E-state index in [-0.39, 0.29) is 24.9 Å². The fourth-order valence-electron chi connectivity index (χ4n) is 3.02. The number of amides is 1. The number of rotatable bonds is 4. The lowest BCUT2D eigenvalue weighted by Gasteiger charge is -2.41.